The fourth-order valence-corrected chi connectivity index (χ4v) is 1.37. The maximum absolute atomic E-state index is 11.2. The maximum Gasteiger partial charge on any atom is 0.234 e. The SMILES string of the molecule is CCNCC(=O)NCC1CCC(=O)N1. The fraction of sp³-hybridized carbons (Fsp3) is 0.778. The lowest BCUT2D eigenvalue weighted by atomic mass is 10.2. The molecule has 0 radical (unpaired) electrons. The predicted molar refractivity (Wildman–Crippen MR) is 52.7 cm³/mol. The first kappa shape index (κ1) is 11.0. The summed E-state index contributed by atoms with van der Waals surface area (Å²) in [5.41, 5.74) is 0. The summed E-state index contributed by atoms with van der Waals surface area (Å²) < 4.78 is 0. The summed E-state index contributed by atoms with van der Waals surface area (Å²) in [6.07, 6.45) is 1.40. The lowest BCUT2D eigenvalue weighted by Gasteiger charge is -2.11. The van der Waals surface area contributed by atoms with Crippen molar-refractivity contribution in [3.8, 4) is 0 Å². The van der Waals surface area contributed by atoms with Crippen LogP contribution < -0.4 is 16.0 Å². The van der Waals surface area contributed by atoms with Crippen LogP contribution in [-0.2, 0) is 9.59 Å². The highest BCUT2D eigenvalue weighted by molar-refractivity contribution is 5.79. The van der Waals surface area contributed by atoms with Gasteiger partial charge in [-0.1, -0.05) is 6.92 Å². The Balaban J connectivity index is 2.08. The third kappa shape index (κ3) is 3.74. The molecule has 1 aliphatic heterocycles. The van der Waals surface area contributed by atoms with Gasteiger partial charge in [0.1, 0.15) is 0 Å². The molecule has 0 saturated carbocycles. The molecule has 5 heteroatoms. The molecule has 3 N–H and O–H groups in total. The summed E-state index contributed by atoms with van der Waals surface area (Å²) in [4.78, 5) is 22.0. The molecule has 14 heavy (non-hydrogen) atoms. The van der Waals surface area contributed by atoms with Crippen LogP contribution in [0.25, 0.3) is 0 Å². The van der Waals surface area contributed by atoms with Gasteiger partial charge in [0, 0.05) is 19.0 Å². The Bertz CT molecular complexity index is 218. The molecule has 1 aliphatic rings. The topological polar surface area (TPSA) is 70.2 Å². The number of amides is 2. The number of nitrogens with one attached hydrogen (secondary N) is 3. The molecule has 1 rings (SSSR count). The van der Waals surface area contributed by atoms with Crippen LogP contribution in [-0.4, -0.2) is 37.5 Å². The molecular formula is C9H17N3O2. The van der Waals surface area contributed by atoms with Crippen LogP contribution in [0, 0.1) is 0 Å². The zero-order valence-corrected chi connectivity index (χ0v) is 8.43. The molecular weight excluding hydrogens is 182 g/mol. The Labute approximate surface area is 83.6 Å². The van der Waals surface area contributed by atoms with Crippen molar-refractivity contribution in [3.63, 3.8) is 0 Å². The Hall–Kier alpha value is -1.10. The Morgan fingerprint density at radius 3 is 3.00 bits per heavy atom. The van der Waals surface area contributed by atoms with Crippen LogP contribution in [0.3, 0.4) is 0 Å². The minimum Gasteiger partial charge on any atom is -0.353 e. The standard InChI is InChI=1S/C9H17N3O2/c1-2-10-6-9(14)11-5-7-3-4-8(13)12-7/h7,10H,2-6H2,1H3,(H,11,14)(H,12,13). The van der Waals surface area contributed by atoms with Crippen molar-refractivity contribution in [2.45, 2.75) is 25.8 Å². The van der Waals surface area contributed by atoms with Gasteiger partial charge in [0.25, 0.3) is 0 Å². The normalized spacial score (nSPS) is 20.6. The molecule has 1 heterocycles. The summed E-state index contributed by atoms with van der Waals surface area (Å²) in [6, 6.07) is 0.119. The number of carbonyl (C=O) groups is 2. The van der Waals surface area contributed by atoms with E-state index in [4.69, 9.17) is 0 Å². The minimum absolute atomic E-state index is 0.0204. The van der Waals surface area contributed by atoms with Gasteiger partial charge in [0.05, 0.1) is 6.54 Å². The van der Waals surface area contributed by atoms with E-state index < -0.39 is 0 Å². The number of carbonyl (C=O) groups excluding carboxylic acids is 2. The van der Waals surface area contributed by atoms with Gasteiger partial charge >= 0.3 is 0 Å². The summed E-state index contributed by atoms with van der Waals surface area (Å²) >= 11 is 0. The van der Waals surface area contributed by atoms with E-state index in [2.05, 4.69) is 16.0 Å². The van der Waals surface area contributed by atoms with Crippen molar-refractivity contribution in [2.75, 3.05) is 19.6 Å². The van der Waals surface area contributed by atoms with Gasteiger partial charge in [-0.05, 0) is 13.0 Å². The van der Waals surface area contributed by atoms with Crippen molar-refractivity contribution in [3.05, 3.63) is 0 Å². The second-order valence-electron chi connectivity index (χ2n) is 3.39. The molecule has 0 aromatic carbocycles. The molecule has 0 spiro atoms. The summed E-state index contributed by atoms with van der Waals surface area (Å²) in [5.74, 6) is 0.0592. The minimum atomic E-state index is -0.0204. The van der Waals surface area contributed by atoms with Crippen LogP contribution in [0.4, 0.5) is 0 Å². The van der Waals surface area contributed by atoms with E-state index in [9.17, 15) is 9.59 Å². The highest BCUT2D eigenvalue weighted by atomic mass is 16.2. The van der Waals surface area contributed by atoms with E-state index in [1.54, 1.807) is 0 Å². The molecule has 2 amide bonds. The van der Waals surface area contributed by atoms with E-state index in [1.807, 2.05) is 6.92 Å². The second-order valence-corrected chi connectivity index (χ2v) is 3.39. The molecule has 1 atom stereocenters. The zero-order valence-electron chi connectivity index (χ0n) is 8.43. The first-order valence-corrected chi connectivity index (χ1v) is 4.99. The van der Waals surface area contributed by atoms with E-state index in [1.165, 1.54) is 0 Å². The molecule has 0 bridgehead atoms. The van der Waals surface area contributed by atoms with E-state index in [0.717, 1.165) is 13.0 Å². The zero-order chi connectivity index (χ0) is 10.4. The van der Waals surface area contributed by atoms with Gasteiger partial charge in [-0.3, -0.25) is 9.59 Å². The molecule has 80 valence electrons. The van der Waals surface area contributed by atoms with Gasteiger partial charge < -0.3 is 16.0 Å². The lowest BCUT2D eigenvalue weighted by molar-refractivity contribution is -0.121. The molecule has 0 aromatic rings. The lowest BCUT2D eigenvalue weighted by Crippen LogP contribution is -2.41. The Kier molecular flexibility index (Phi) is 4.39. The fourth-order valence-electron chi connectivity index (χ4n) is 1.37. The van der Waals surface area contributed by atoms with Crippen molar-refractivity contribution >= 4 is 11.8 Å². The van der Waals surface area contributed by atoms with Crippen LogP contribution >= 0.6 is 0 Å². The largest absolute Gasteiger partial charge is 0.353 e. The quantitative estimate of drug-likeness (QED) is 0.531. The predicted octanol–water partition coefficient (Wildman–Crippen LogP) is -1.01. The monoisotopic (exact) mass is 199 g/mol. The first-order chi connectivity index (χ1) is 6.72. The van der Waals surface area contributed by atoms with E-state index in [0.29, 0.717) is 19.5 Å². The number of likely N-dealkylation sites (N-methyl/N-ethyl adjacent to an activating group) is 1. The van der Waals surface area contributed by atoms with E-state index >= 15 is 0 Å². The van der Waals surface area contributed by atoms with Crippen molar-refractivity contribution in [1.82, 2.24) is 16.0 Å². The number of hydrogen-bond acceptors (Lipinski definition) is 3. The van der Waals surface area contributed by atoms with Gasteiger partial charge in [-0.15, -0.1) is 0 Å². The summed E-state index contributed by atoms with van der Waals surface area (Å²) in [6.45, 7) is 3.62. The molecule has 1 fully saturated rings. The summed E-state index contributed by atoms with van der Waals surface area (Å²) in [7, 11) is 0. The summed E-state index contributed by atoms with van der Waals surface area (Å²) in [5, 5.41) is 8.49. The third-order valence-electron chi connectivity index (χ3n) is 2.17. The van der Waals surface area contributed by atoms with Gasteiger partial charge in [-0.2, -0.15) is 0 Å². The first-order valence-electron chi connectivity index (χ1n) is 4.99. The van der Waals surface area contributed by atoms with Crippen LogP contribution in [0.1, 0.15) is 19.8 Å². The molecule has 1 saturated heterocycles. The maximum atomic E-state index is 11.2. The van der Waals surface area contributed by atoms with Crippen LogP contribution in [0.2, 0.25) is 0 Å². The highest BCUT2D eigenvalue weighted by Crippen LogP contribution is 2.04. The van der Waals surface area contributed by atoms with E-state index in [-0.39, 0.29) is 17.9 Å². The van der Waals surface area contributed by atoms with Crippen LogP contribution in [0.15, 0.2) is 0 Å². The number of hydrogen-bond donors (Lipinski definition) is 3. The van der Waals surface area contributed by atoms with Crippen molar-refractivity contribution < 1.29 is 9.59 Å². The van der Waals surface area contributed by atoms with Crippen molar-refractivity contribution in [2.24, 2.45) is 0 Å². The third-order valence-corrected chi connectivity index (χ3v) is 2.17. The molecule has 1 unspecified atom stereocenters. The average molecular weight is 199 g/mol. The smallest absolute Gasteiger partial charge is 0.234 e. The Morgan fingerprint density at radius 1 is 1.64 bits per heavy atom. The second kappa shape index (κ2) is 5.59. The Morgan fingerprint density at radius 2 is 2.43 bits per heavy atom. The van der Waals surface area contributed by atoms with Gasteiger partial charge in [0.15, 0.2) is 0 Å². The van der Waals surface area contributed by atoms with Crippen molar-refractivity contribution in [1.29, 1.82) is 0 Å². The molecule has 0 aliphatic carbocycles. The molecule has 5 nitrogen and oxygen atoms in total. The highest BCUT2D eigenvalue weighted by Gasteiger charge is 2.20. The number of rotatable bonds is 5. The van der Waals surface area contributed by atoms with Gasteiger partial charge in [-0.25, -0.2) is 0 Å². The van der Waals surface area contributed by atoms with Gasteiger partial charge in [0.2, 0.25) is 11.8 Å². The molecule has 0 aromatic heterocycles. The van der Waals surface area contributed by atoms with Crippen LogP contribution in [0.5, 0.6) is 0 Å². The average Bonchev–Trinajstić information content (AvgIpc) is 2.58.